The molecule has 0 unspecified atom stereocenters. The summed E-state index contributed by atoms with van der Waals surface area (Å²) in [4.78, 5) is 15.2. The van der Waals surface area contributed by atoms with Gasteiger partial charge in [-0.1, -0.05) is 23.7 Å². The van der Waals surface area contributed by atoms with Crippen LogP contribution in [0.4, 0.5) is 5.69 Å². The monoisotopic (exact) mass is 462 g/mol. The number of thiophene rings is 1. The van der Waals surface area contributed by atoms with Gasteiger partial charge in [-0.2, -0.15) is 0 Å². The lowest BCUT2D eigenvalue weighted by atomic mass is 9.99. The van der Waals surface area contributed by atoms with Crippen molar-refractivity contribution in [2.45, 2.75) is 17.9 Å². The molecule has 9 heteroatoms. The first kappa shape index (κ1) is 20.7. The zero-order valence-corrected chi connectivity index (χ0v) is 18.5. The summed E-state index contributed by atoms with van der Waals surface area (Å²) in [5.74, 6) is 0.398. The zero-order valence-electron chi connectivity index (χ0n) is 16.1. The van der Waals surface area contributed by atoms with Crippen molar-refractivity contribution in [1.29, 1.82) is 0 Å². The van der Waals surface area contributed by atoms with Crippen molar-refractivity contribution in [3.8, 4) is 5.75 Å². The molecular formula is C21H19ClN2O4S2. The van der Waals surface area contributed by atoms with E-state index >= 15 is 0 Å². The van der Waals surface area contributed by atoms with Crippen molar-refractivity contribution in [2.24, 2.45) is 0 Å². The summed E-state index contributed by atoms with van der Waals surface area (Å²) in [5, 5.41) is 2.09. The number of fused-ring (bicyclic) bond motifs is 1. The van der Waals surface area contributed by atoms with Gasteiger partial charge in [0.2, 0.25) is 0 Å². The number of amides is 1. The molecule has 0 atom stereocenters. The molecule has 156 valence electrons. The zero-order chi connectivity index (χ0) is 21.3. The number of benzene rings is 2. The molecule has 1 aliphatic heterocycles. The molecule has 0 aliphatic carbocycles. The second-order valence-electron chi connectivity index (χ2n) is 6.84. The molecule has 0 spiro atoms. The van der Waals surface area contributed by atoms with E-state index in [1.165, 1.54) is 36.6 Å². The first-order valence-corrected chi connectivity index (χ1v) is 11.9. The summed E-state index contributed by atoms with van der Waals surface area (Å²) in [6.07, 6.45) is 0.730. The third-order valence-corrected chi connectivity index (χ3v) is 7.46. The van der Waals surface area contributed by atoms with Crippen LogP contribution >= 0.6 is 22.9 Å². The number of carbonyl (C=O) groups excluding carboxylic acids is 1. The third-order valence-electron chi connectivity index (χ3n) is 4.92. The fraction of sp³-hybridized carbons (Fsp3) is 0.190. The molecule has 1 aromatic heterocycles. The number of nitrogens with one attached hydrogen (secondary N) is 1. The normalized spacial score (nSPS) is 13.6. The van der Waals surface area contributed by atoms with Crippen LogP contribution in [0.1, 0.15) is 20.8 Å². The average molecular weight is 463 g/mol. The SMILES string of the molecule is COc1ccc(S(=O)(=O)Nc2ccc3c(c2)CN(C(=O)c2cccs2)CC3)cc1Cl. The Labute approximate surface area is 184 Å². The molecule has 2 aromatic carbocycles. The average Bonchev–Trinajstić information content (AvgIpc) is 3.27. The van der Waals surface area contributed by atoms with E-state index in [0.717, 1.165) is 17.5 Å². The highest BCUT2D eigenvalue weighted by Crippen LogP contribution is 2.29. The largest absolute Gasteiger partial charge is 0.495 e. The van der Waals surface area contributed by atoms with Gasteiger partial charge < -0.3 is 9.64 Å². The predicted octanol–water partition coefficient (Wildman–Crippen LogP) is 4.41. The highest BCUT2D eigenvalue weighted by molar-refractivity contribution is 7.92. The Morgan fingerprint density at radius 2 is 2.00 bits per heavy atom. The minimum absolute atomic E-state index is 0.00508. The fourth-order valence-corrected chi connectivity index (χ4v) is 5.47. The Kier molecular flexibility index (Phi) is 5.73. The molecule has 2 heterocycles. The smallest absolute Gasteiger partial charge is 0.264 e. The van der Waals surface area contributed by atoms with Gasteiger partial charge in [0.15, 0.2) is 0 Å². The summed E-state index contributed by atoms with van der Waals surface area (Å²) in [6, 6.07) is 13.4. The number of nitrogens with zero attached hydrogens (tertiary/aromatic N) is 1. The minimum Gasteiger partial charge on any atom is -0.495 e. The van der Waals surface area contributed by atoms with Crippen molar-refractivity contribution in [1.82, 2.24) is 4.90 Å². The van der Waals surface area contributed by atoms with E-state index in [9.17, 15) is 13.2 Å². The van der Waals surface area contributed by atoms with Gasteiger partial charge in [-0.05, 0) is 59.3 Å². The Morgan fingerprint density at radius 3 is 2.70 bits per heavy atom. The van der Waals surface area contributed by atoms with E-state index in [4.69, 9.17) is 16.3 Å². The molecule has 4 rings (SSSR count). The standard InChI is InChI=1S/C21H19ClN2O4S2/c1-28-19-7-6-17(12-18(19)22)30(26,27)23-16-5-4-14-8-9-24(13-15(14)11-16)21(25)20-3-2-10-29-20/h2-7,10-12,23H,8-9,13H2,1H3. The van der Waals surface area contributed by atoms with Crippen molar-refractivity contribution < 1.29 is 17.9 Å². The quantitative estimate of drug-likeness (QED) is 0.609. The van der Waals surface area contributed by atoms with Crippen LogP contribution in [0, 0.1) is 0 Å². The highest BCUT2D eigenvalue weighted by atomic mass is 35.5. The van der Waals surface area contributed by atoms with E-state index in [1.807, 2.05) is 23.6 Å². The van der Waals surface area contributed by atoms with Gasteiger partial charge in [-0.25, -0.2) is 8.42 Å². The number of hydrogen-bond acceptors (Lipinski definition) is 5. The number of rotatable bonds is 5. The Balaban J connectivity index is 1.55. The van der Waals surface area contributed by atoms with Crippen LogP contribution in [0.3, 0.4) is 0 Å². The lowest BCUT2D eigenvalue weighted by molar-refractivity contribution is 0.0739. The first-order chi connectivity index (χ1) is 14.4. The second kappa shape index (κ2) is 8.29. The molecule has 30 heavy (non-hydrogen) atoms. The van der Waals surface area contributed by atoms with Gasteiger partial charge in [-0.3, -0.25) is 9.52 Å². The summed E-state index contributed by atoms with van der Waals surface area (Å²) in [6.45, 7) is 1.08. The number of methoxy groups -OCH3 is 1. The van der Waals surface area contributed by atoms with E-state index in [1.54, 1.807) is 17.0 Å². The molecule has 0 bridgehead atoms. The molecule has 1 N–H and O–H groups in total. The maximum atomic E-state index is 12.8. The van der Waals surface area contributed by atoms with Gasteiger partial charge in [0.25, 0.3) is 15.9 Å². The maximum absolute atomic E-state index is 12.8. The maximum Gasteiger partial charge on any atom is 0.264 e. The van der Waals surface area contributed by atoms with Gasteiger partial charge in [0.05, 0.1) is 21.9 Å². The minimum atomic E-state index is -3.82. The highest BCUT2D eigenvalue weighted by Gasteiger charge is 2.23. The molecule has 0 fully saturated rings. The van der Waals surface area contributed by atoms with Crippen LogP contribution in [0.25, 0.3) is 0 Å². The topological polar surface area (TPSA) is 75.7 Å². The summed E-state index contributed by atoms with van der Waals surface area (Å²) in [5.41, 5.74) is 2.48. The van der Waals surface area contributed by atoms with Gasteiger partial charge in [0.1, 0.15) is 5.75 Å². The van der Waals surface area contributed by atoms with E-state index in [2.05, 4.69) is 4.72 Å². The molecule has 3 aromatic rings. The Hall–Kier alpha value is -2.55. The number of anilines is 1. The summed E-state index contributed by atoms with van der Waals surface area (Å²) >= 11 is 7.48. The fourth-order valence-electron chi connectivity index (χ4n) is 3.38. The summed E-state index contributed by atoms with van der Waals surface area (Å²) < 4.78 is 33.2. The molecule has 1 aliphatic rings. The Bertz CT molecular complexity index is 1190. The first-order valence-electron chi connectivity index (χ1n) is 9.18. The third kappa shape index (κ3) is 4.16. The number of ether oxygens (including phenoxy) is 1. The van der Waals surface area contributed by atoms with E-state index in [0.29, 0.717) is 29.4 Å². The van der Waals surface area contributed by atoms with E-state index in [-0.39, 0.29) is 15.8 Å². The van der Waals surface area contributed by atoms with Crippen molar-refractivity contribution in [3.63, 3.8) is 0 Å². The molecule has 0 saturated carbocycles. The van der Waals surface area contributed by atoms with Crippen molar-refractivity contribution in [3.05, 3.63) is 74.9 Å². The van der Waals surface area contributed by atoms with Gasteiger partial charge >= 0.3 is 0 Å². The van der Waals surface area contributed by atoms with Crippen LogP contribution in [0.2, 0.25) is 5.02 Å². The molecular weight excluding hydrogens is 444 g/mol. The van der Waals surface area contributed by atoms with Crippen LogP contribution in [-0.2, 0) is 23.0 Å². The molecule has 0 saturated heterocycles. The molecule has 6 nitrogen and oxygen atoms in total. The second-order valence-corrected chi connectivity index (χ2v) is 9.88. The van der Waals surface area contributed by atoms with Gasteiger partial charge in [-0.15, -0.1) is 11.3 Å². The summed E-state index contributed by atoms with van der Waals surface area (Å²) in [7, 11) is -2.36. The van der Waals surface area contributed by atoms with E-state index < -0.39 is 10.0 Å². The predicted molar refractivity (Wildman–Crippen MR) is 118 cm³/mol. The number of sulfonamides is 1. The molecule has 0 radical (unpaired) electrons. The van der Waals surface area contributed by atoms with Crippen molar-refractivity contribution in [2.75, 3.05) is 18.4 Å². The lowest BCUT2D eigenvalue weighted by Gasteiger charge is -2.29. The lowest BCUT2D eigenvalue weighted by Crippen LogP contribution is -2.35. The van der Waals surface area contributed by atoms with Crippen LogP contribution < -0.4 is 9.46 Å². The number of carbonyl (C=O) groups is 1. The van der Waals surface area contributed by atoms with Crippen LogP contribution in [0.15, 0.2) is 58.8 Å². The number of hydrogen-bond donors (Lipinski definition) is 1. The van der Waals surface area contributed by atoms with Crippen molar-refractivity contribution >= 4 is 44.6 Å². The van der Waals surface area contributed by atoms with Gasteiger partial charge in [0, 0.05) is 18.8 Å². The van der Waals surface area contributed by atoms with Crippen LogP contribution in [-0.4, -0.2) is 32.9 Å². The van der Waals surface area contributed by atoms with Crippen LogP contribution in [0.5, 0.6) is 5.75 Å². The Morgan fingerprint density at radius 1 is 1.17 bits per heavy atom. The number of halogens is 1. The molecule has 1 amide bonds.